The molecule has 0 aliphatic rings. The fourth-order valence-electron chi connectivity index (χ4n) is 1.13. The Balaban J connectivity index is 2.70. The van der Waals surface area contributed by atoms with Gasteiger partial charge in [0.2, 0.25) is 0 Å². The Morgan fingerprint density at radius 2 is 2.00 bits per heavy atom. The van der Waals surface area contributed by atoms with E-state index in [-0.39, 0.29) is 5.78 Å². The van der Waals surface area contributed by atoms with E-state index in [2.05, 4.69) is 0 Å². The molecule has 0 aromatic heterocycles. The van der Waals surface area contributed by atoms with Crippen LogP contribution in [0.5, 0.6) is 5.75 Å². The van der Waals surface area contributed by atoms with Gasteiger partial charge < -0.3 is 9.84 Å². The molecule has 0 fully saturated rings. The monoisotopic (exact) mass is 232 g/mol. The Morgan fingerprint density at radius 1 is 1.24 bits per heavy atom. The zero-order valence-corrected chi connectivity index (χ0v) is 9.29. The number of ketones is 1. The number of hydrogen-bond donors (Lipinski definition) is 1. The van der Waals surface area contributed by atoms with Crippen LogP contribution in [0.25, 0.3) is 6.08 Å². The van der Waals surface area contributed by atoms with E-state index in [9.17, 15) is 9.59 Å². The van der Waals surface area contributed by atoms with Crippen molar-refractivity contribution in [3.05, 3.63) is 48.1 Å². The number of ether oxygens (including phenoxy) is 1. The minimum atomic E-state index is -1.15. The minimum Gasteiger partial charge on any atom is -0.497 e. The van der Waals surface area contributed by atoms with E-state index in [4.69, 9.17) is 9.84 Å². The third-order valence-electron chi connectivity index (χ3n) is 1.92. The number of rotatable bonds is 5. The molecule has 0 unspecified atom stereocenters. The predicted molar refractivity (Wildman–Crippen MR) is 63.8 cm³/mol. The molecule has 1 rings (SSSR count). The second-order valence-electron chi connectivity index (χ2n) is 3.18. The first-order valence-corrected chi connectivity index (χ1v) is 4.89. The van der Waals surface area contributed by atoms with Crippen LogP contribution in [-0.4, -0.2) is 24.0 Å². The van der Waals surface area contributed by atoms with Crippen LogP contribution in [-0.2, 0) is 9.59 Å². The molecule has 0 aliphatic heterocycles. The van der Waals surface area contributed by atoms with Crippen LogP contribution >= 0.6 is 0 Å². The van der Waals surface area contributed by atoms with Gasteiger partial charge in [-0.25, -0.2) is 4.79 Å². The Hall–Kier alpha value is -2.36. The number of carboxylic acids is 1. The van der Waals surface area contributed by atoms with Crippen molar-refractivity contribution in [2.75, 3.05) is 7.11 Å². The van der Waals surface area contributed by atoms with E-state index in [1.54, 1.807) is 31.4 Å². The molecular formula is C13H12O4. The lowest BCUT2D eigenvalue weighted by molar-refractivity contribution is -0.131. The summed E-state index contributed by atoms with van der Waals surface area (Å²) in [5.41, 5.74) is 0.807. The van der Waals surface area contributed by atoms with Crippen molar-refractivity contribution < 1.29 is 19.4 Å². The topological polar surface area (TPSA) is 63.6 Å². The van der Waals surface area contributed by atoms with Gasteiger partial charge in [-0.15, -0.1) is 0 Å². The largest absolute Gasteiger partial charge is 0.497 e. The lowest BCUT2D eigenvalue weighted by Crippen LogP contribution is -1.91. The van der Waals surface area contributed by atoms with E-state index >= 15 is 0 Å². The summed E-state index contributed by atoms with van der Waals surface area (Å²) in [6.07, 6.45) is 4.70. The van der Waals surface area contributed by atoms with Crippen LogP contribution in [0.4, 0.5) is 0 Å². The molecule has 4 nitrogen and oxygen atoms in total. The molecule has 1 N–H and O–H groups in total. The second-order valence-corrected chi connectivity index (χ2v) is 3.18. The van der Waals surface area contributed by atoms with Gasteiger partial charge in [-0.1, -0.05) is 18.2 Å². The van der Waals surface area contributed by atoms with Crippen LogP contribution in [0.2, 0.25) is 0 Å². The van der Waals surface area contributed by atoms with Crippen LogP contribution in [0.3, 0.4) is 0 Å². The number of benzene rings is 1. The van der Waals surface area contributed by atoms with Gasteiger partial charge in [0.1, 0.15) is 5.75 Å². The summed E-state index contributed by atoms with van der Waals surface area (Å²) in [5, 5.41) is 8.34. The average Bonchev–Trinajstić information content (AvgIpc) is 2.34. The van der Waals surface area contributed by atoms with E-state index in [0.29, 0.717) is 5.75 Å². The molecule has 17 heavy (non-hydrogen) atoms. The van der Waals surface area contributed by atoms with Crippen LogP contribution in [0, 0.1) is 0 Å². The van der Waals surface area contributed by atoms with Crippen molar-refractivity contribution in [2.24, 2.45) is 0 Å². The Morgan fingerprint density at radius 3 is 2.65 bits per heavy atom. The van der Waals surface area contributed by atoms with Crippen LogP contribution < -0.4 is 4.74 Å². The summed E-state index contributed by atoms with van der Waals surface area (Å²) in [6.45, 7) is 0. The number of hydrogen-bond acceptors (Lipinski definition) is 3. The number of aliphatic carboxylic acids is 1. The molecule has 0 atom stereocenters. The molecule has 0 saturated heterocycles. The molecule has 0 amide bonds. The maximum Gasteiger partial charge on any atom is 0.328 e. The van der Waals surface area contributed by atoms with Crippen LogP contribution in [0.1, 0.15) is 5.56 Å². The molecule has 0 spiro atoms. The van der Waals surface area contributed by atoms with Gasteiger partial charge in [-0.05, 0) is 29.8 Å². The molecular weight excluding hydrogens is 220 g/mol. The smallest absolute Gasteiger partial charge is 0.328 e. The highest BCUT2D eigenvalue weighted by Gasteiger charge is 1.94. The molecule has 0 radical (unpaired) electrons. The van der Waals surface area contributed by atoms with Crippen molar-refractivity contribution >= 4 is 17.8 Å². The van der Waals surface area contributed by atoms with Gasteiger partial charge in [-0.3, -0.25) is 4.79 Å². The highest BCUT2D eigenvalue weighted by atomic mass is 16.5. The van der Waals surface area contributed by atoms with E-state index in [0.717, 1.165) is 17.7 Å². The number of carboxylic acid groups (broad SMARTS) is 1. The molecule has 88 valence electrons. The summed E-state index contributed by atoms with van der Waals surface area (Å²) in [5.74, 6) is -0.830. The van der Waals surface area contributed by atoms with Crippen molar-refractivity contribution in [3.8, 4) is 5.75 Å². The van der Waals surface area contributed by atoms with Crippen molar-refractivity contribution in [2.45, 2.75) is 0 Å². The first-order chi connectivity index (χ1) is 8.11. The fraction of sp³-hybridized carbons (Fsp3) is 0.0769. The Bertz CT molecular complexity index is 472. The van der Waals surface area contributed by atoms with Gasteiger partial charge in [0.15, 0.2) is 5.78 Å². The maximum atomic E-state index is 11.2. The number of allylic oxidation sites excluding steroid dienone is 2. The maximum absolute atomic E-state index is 11.2. The van der Waals surface area contributed by atoms with Crippen molar-refractivity contribution in [1.29, 1.82) is 0 Å². The lowest BCUT2D eigenvalue weighted by Gasteiger charge is -1.99. The third kappa shape index (κ3) is 4.79. The van der Waals surface area contributed by atoms with Crippen molar-refractivity contribution in [1.82, 2.24) is 0 Å². The van der Waals surface area contributed by atoms with Crippen LogP contribution in [0.15, 0.2) is 42.5 Å². The summed E-state index contributed by atoms with van der Waals surface area (Å²) in [7, 11) is 1.56. The highest BCUT2D eigenvalue weighted by molar-refractivity contribution is 6.04. The van der Waals surface area contributed by atoms with E-state index in [1.807, 2.05) is 6.07 Å². The van der Waals surface area contributed by atoms with Gasteiger partial charge >= 0.3 is 5.97 Å². The predicted octanol–water partition coefficient (Wildman–Crippen LogP) is 1.92. The molecule has 4 heteroatoms. The fourth-order valence-corrected chi connectivity index (χ4v) is 1.13. The van der Waals surface area contributed by atoms with E-state index in [1.165, 1.54) is 6.08 Å². The van der Waals surface area contributed by atoms with Gasteiger partial charge in [0, 0.05) is 6.08 Å². The second kappa shape index (κ2) is 6.27. The normalized spacial score (nSPS) is 10.9. The standard InChI is InChI=1S/C13H12O4/c1-17-12-4-2-3-10(9-12)5-6-11(14)7-8-13(15)16/h2-9H,1H3,(H,15,16)/b6-5+,8-7+. The zero-order valence-electron chi connectivity index (χ0n) is 9.29. The highest BCUT2D eigenvalue weighted by Crippen LogP contribution is 2.13. The van der Waals surface area contributed by atoms with Crippen molar-refractivity contribution in [3.63, 3.8) is 0 Å². The zero-order chi connectivity index (χ0) is 12.7. The average molecular weight is 232 g/mol. The molecule has 0 saturated carbocycles. The first kappa shape index (κ1) is 12.7. The summed E-state index contributed by atoms with van der Waals surface area (Å²) in [4.78, 5) is 21.4. The SMILES string of the molecule is COc1cccc(/C=C/C(=O)/C=C/C(=O)O)c1. The molecule has 0 heterocycles. The Kier molecular flexibility index (Phi) is 4.69. The number of carbonyl (C=O) groups excluding carboxylic acids is 1. The van der Waals surface area contributed by atoms with Gasteiger partial charge in [0.05, 0.1) is 7.11 Å². The number of methoxy groups -OCH3 is 1. The summed E-state index contributed by atoms with van der Waals surface area (Å²) in [6, 6.07) is 7.18. The molecule has 1 aromatic rings. The quantitative estimate of drug-likeness (QED) is 0.788. The van der Waals surface area contributed by atoms with Gasteiger partial charge in [-0.2, -0.15) is 0 Å². The van der Waals surface area contributed by atoms with Gasteiger partial charge in [0.25, 0.3) is 0 Å². The molecule has 0 aliphatic carbocycles. The Labute approximate surface area is 98.8 Å². The third-order valence-corrected chi connectivity index (χ3v) is 1.92. The lowest BCUT2D eigenvalue weighted by atomic mass is 10.2. The van der Waals surface area contributed by atoms with E-state index < -0.39 is 5.97 Å². The molecule has 0 bridgehead atoms. The summed E-state index contributed by atoms with van der Waals surface area (Å²) < 4.78 is 5.03. The number of carbonyl (C=O) groups is 2. The minimum absolute atomic E-state index is 0.379. The molecule has 1 aromatic carbocycles. The first-order valence-electron chi connectivity index (χ1n) is 4.89. The summed E-state index contributed by atoms with van der Waals surface area (Å²) >= 11 is 0.